The number of nitrogens with one attached hydrogen (secondary N) is 1. The van der Waals surface area contributed by atoms with Gasteiger partial charge < -0.3 is 10.1 Å². The van der Waals surface area contributed by atoms with Crippen molar-refractivity contribution in [3.63, 3.8) is 0 Å². The van der Waals surface area contributed by atoms with Gasteiger partial charge in [0, 0.05) is 12.7 Å². The van der Waals surface area contributed by atoms with E-state index in [0.29, 0.717) is 5.88 Å². The molecule has 0 saturated heterocycles. The molecule has 0 saturated carbocycles. The molecule has 0 amide bonds. The summed E-state index contributed by atoms with van der Waals surface area (Å²) >= 11 is 1.54. The molecule has 0 aromatic carbocycles. The van der Waals surface area contributed by atoms with E-state index in [0.717, 1.165) is 22.1 Å². The van der Waals surface area contributed by atoms with Gasteiger partial charge in [-0.3, -0.25) is 0 Å². The van der Waals surface area contributed by atoms with Crippen LogP contribution in [0.15, 0.2) is 18.3 Å². The van der Waals surface area contributed by atoms with Gasteiger partial charge >= 0.3 is 0 Å². The molecule has 2 rings (SSSR count). The number of hydrogen-bond donors (Lipinski definition) is 1. The number of hydrogen-bond acceptors (Lipinski definition) is 6. The lowest BCUT2D eigenvalue weighted by Crippen LogP contribution is -2.04. The summed E-state index contributed by atoms with van der Waals surface area (Å²) in [5.41, 5.74) is 0.879. The van der Waals surface area contributed by atoms with Crippen molar-refractivity contribution in [2.24, 2.45) is 0 Å². The summed E-state index contributed by atoms with van der Waals surface area (Å²) in [6.07, 6.45) is 1.69. The number of pyridine rings is 1. The highest BCUT2D eigenvalue weighted by Gasteiger charge is 2.11. The van der Waals surface area contributed by atoms with Crippen LogP contribution in [0.2, 0.25) is 0 Å². The molecule has 0 aliphatic heterocycles. The lowest BCUT2D eigenvalue weighted by Gasteiger charge is -2.02. The summed E-state index contributed by atoms with van der Waals surface area (Å²) in [7, 11) is 3.48. The molecule has 0 aliphatic carbocycles. The van der Waals surface area contributed by atoms with E-state index in [2.05, 4.69) is 20.5 Å². The van der Waals surface area contributed by atoms with Gasteiger partial charge in [0.05, 0.1) is 12.7 Å². The van der Waals surface area contributed by atoms with Gasteiger partial charge in [-0.05, 0) is 19.2 Å². The molecule has 0 unspecified atom stereocenters. The van der Waals surface area contributed by atoms with Crippen molar-refractivity contribution < 1.29 is 4.74 Å². The standard InChI is InChI=1S/C10H12N4OS/c1-11-6-8-13-14-10(16-8)7-4-3-5-12-9(7)15-2/h3-5,11H,6H2,1-2H3. The number of rotatable bonds is 4. The van der Waals surface area contributed by atoms with Gasteiger partial charge in [0.15, 0.2) is 5.01 Å². The van der Waals surface area contributed by atoms with Crippen LogP contribution in [0.4, 0.5) is 0 Å². The summed E-state index contributed by atoms with van der Waals surface area (Å²) in [4.78, 5) is 4.13. The van der Waals surface area contributed by atoms with Crippen LogP contribution in [0.1, 0.15) is 5.01 Å². The quantitative estimate of drug-likeness (QED) is 0.867. The van der Waals surface area contributed by atoms with Gasteiger partial charge in [-0.15, -0.1) is 10.2 Å². The second-order valence-electron chi connectivity index (χ2n) is 3.09. The maximum atomic E-state index is 5.18. The highest BCUT2D eigenvalue weighted by atomic mass is 32.1. The molecular weight excluding hydrogens is 224 g/mol. The van der Waals surface area contributed by atoms with Crippen molar-refractivity contribution in [1.29, 1.82) is 0 Å². The number of methoxy groups -OCH3 is 1. The Morgan fingerprint density at radius 1 is 1.44 bits per heavy atom. The zero-order valence-electron chi connectivity index (χ0n) is 9.10. The van der Waals surface area contributed by atoms with E-state index < -0.39 is 0 Å². The van der Waals surface area contributed by atoms with Crippen molar-refractivity contribution in [2.45, 2.75) is 6.54 Å². The van der Waals surface area contributed by atoms with E-state index in [9.17, 15) is 0 Å². The molecule has 0 radical (unpaired) electrons. The Morgan fingerprint density at radius 3 is 3.06 bits per heavy atom. The molecule has 84 valence electrons. The average Bonchev–Trinajstić information content (AvgIpc) is 2.78. The third-order valence-corrected chi connectivity index (χ3v) is 2.95. The maximum absolute atomic E-state index is 5.18. The van der Waals surface area contributed by atoms with Crippen LogP contribution in [0.3, 0.4) is 0 Å². The van der Waals surface area contributed by atoms with E-state index in [1.165, 1.54) is 11.3 Å². The summed E-state index contributed by atoms with van der Waals surface area (Å²) in [6.45, 7) is 0.722. The Balaban J connectivity index is 2.34. The number of nitrogens with zero attached hydrogens (tertiary/aromatic N) is 3. The molecule has 0 bridgehead atoms. The molecule has 6 heteroatoms. The average molecular weight is 236 g/mol. The zero-order valence-corrected chi connectivity index (χ0v) is 9.91. The Kier molecular flexibility index (Phi) is 3.43. The second kappa shape index (κ2) is 5.00. The molecule has 0 fully saturated rings. The first-order chi connectivity index (χ1) is 7.85. The van der Waals surface area contributed by atoms with Crippen molar-refractivity contribution in [1.82, 2.24) is 20.5 Å². The fourth-order valence-electron chi connectivity index (χ4n) is 1.30. The van der Waals surface area contributed by atoms with Crippen LogP contribution >= 0.6 is 11.3 Å². The minimum Gasteiger partial charge on any atom is -0.480 e. The molecule has 2 heterocycles. The third-order valence-electron chi connectivity index (χ3n) is 1.99. The van der Waals surface area contributed by atoms with Crippen LogP contribution in [0, 0.1) is 0 Å². The third kappa shape index (κ3) is 2.17. The van der Waals surface area contributed by atoms with Gasteiger partial charge in [0.1, 0.15) is 5.01 Å². The van der Waals surface area contributed by atoms with Crippen LogP contribution in [0.25, 0.3) is 10.6 Å². The normalized spacial score (nSPS) is 10.4. The first-order valence-corrected chi connectivity index (χ1v) is 5.63. The van der Waals surface area contributed by atoms with Crippen molar-refractivity contribution >= 4 is 11.3 Å². The number of ether oxygens (including phenoxy) is 1. The van der Waals surface area contributed by atoms with Crippen LogP contribution in [-0.4, -0.2) is 29.3 Å². The van der Waals surface area contributed by atoms with E-state index in [4.69, 9.17) is 4.74 Å². The maximum Gasteiger partial charge on any atom is 0.223 e. The van der Waals surface area contributed by atoms with Gasteiger partial charge in [0.2, 0.25) is 5.88 Å². The van der Waals surface area contributed by atoms with E-state index in [1.807, 2.05) is 19.2 Å². The Labute approximate surface area is 97.5 Å². The molecule has 2 aromatic rings. The van der Waals surface area contributed by atoms with Crippen molar-refractivity contribution in [3.8, 4) is 16.5 Å². The van der Waals surface area contributed by atoms with Crippen LogP contribution in [-0.2, 0) is 6.54 Å². The molecular formula is C10H12N4OS. The lowest BCUT2D eigenvalue weighted by atomic mass is 10.3. The Bertz CT molecular complexity index is 471. The Morgan fingerprint density at radius 2 is 2.31 bits per heavy atom. The van der Waals surface area contributed by atoms with Crippen LogP contribution < -0.4 is 10.1 Å². The first-order valence-electron chi connectivity index (χ1n) is 4.81. The largest absolute Gasteiger partial charge is 0.480 e. The SMILES string of the molecule is CNCc1nnc(-c2cccnc2OC)s1. The Hall–Kier alpha value is -1.53. The smallest absolute Gasteiger partial charge is 0.223 e. The summed E-state index contributed by atoms with van der Waals surface area (Å²) in [6, 6.07) is 3.78. The topological polar surface area (TPSA) is 59.9 Å². The minimum atomic E-state index is 0.578. The van der Waals surface area contributed by atoms with Gasteiger partial charge in [-0.2, -0.15) is 0 Å². The number of aromatic nitrogens is 3. The fraction of sp³-hybridized carbons (Fsp3) is 0.300. The highest BCUT2D eigenvalue weighted by molar-refractivity contribution is 7.14. The van der Waals surface area contributed by atoms with Crippen LogP contribution in [0.5, 0.6) is 5.88 Å². The fourth-order valence-corrected chi connectivity index (χ4v) is 2.17. The highest BCUT2D eigenvalue weighted by Crippen LogP contribution is 2.29. The van der Waals surface area contributed by atoms with Crippen molar-refractivity contribution in [2.75, 3.05) is 14.2 Å². The molecule has 5 nitrogen and oxygen atoms in total. The predicted molar refractivity (Wildman–Crippen MR) is 62.5 cm³/mol. The minimum absolute atomic E-state index is 0.578. The van der Waals surface area contributed by atoms with Gasteiger partial charge in [-0.25, -0.2) is 4.98 Å². The lowest BCUT2D eigenvalue weighted by molar-refractivity contribution is 0.399. The van der Waals surface area contributed by atoms with Gasteiger partial charge in [0.25, 0.3) is 0 Å². The monoisotopic (exact) mass is 236 g/mol. The summed E-state index contributed by atoms with van der Waals surface area (Å²) in [5, 5.41) is 13.0. The molecule has 16 heavy (non-hydrogen) atoms. The molecule has 0 atom stereocenters. The molecule has 2 aromatic heterocycles. The molecule has 1 N–H and O–H groups in total. The summed E-state index contributed by atoms with van der Waals surface area (Å²) < 4.78 is 5.18. The van der Waals surface area contributed by atoms with E-state index >= 15 is 0 Å². The van der Waals surface area contributed by atoms with E-state index in [1.54, 1.807) is 13.3 Å². The van der Waals surface area contributed by atoms with Gasteiger partial charge in [-0.1, -0.05) is 11.3 Å². The zero-order chi connectivity index (χ0) is 11.4. The molecule has 0 spiro atoms. The predicted octanol–water partition coefficient (Wildman–Crippen LogP) is 1.33. The van der Waals surface area contributed by atoms with E-state index in [-0.39, 0.29) is 0 Å². The second-order valence-corrected chi connectivity index (χ2v) is 4.15. The first kappa shape index (κ1) is 11.0. The van der Waals surface area contributed by atoms with Crippen molar-refractivity contribution in [3.05, 3.63) is 23.3 Å². The molecule has 0 aliphatic rings. The summed E-state index contributed by atoms with van der Waals surface area (Å²) in [5.74, 6) is 0.578.